The average Bonchev–Trinajstić information content (AvgIpc) is 2.99. The van der Waals surface area contributed by atoms with Crippen molar-refractivity contribution in [2.45, 2.75) is 0 Å². The normalized spacial score (nSPS) is 11.2. The molecular formula is C33H24N3Pd. The molecule has 0 aliphatic rings. The Bertz CT molecular complexity index is 1420. The van der Waals surface area contributed by atoms with Crippen molar-refractivity contribution < 1.29 is 16.8 Å². The van der Waals surface area contributed by atoms with Crippen LogP contribution in [0.15, 0.2) is 146 Å². The monoisotopic (exact) mass is 568 g/mol. The summed E-state index contributed by atoms with van der Waals surface area (Å²) < 4.78 is 3.69. The summed E-state index contributed by atoms with van der Waals surface area (Å²) in [6.45, 7) is 0. The minimum atomic E-state index is -1.81. The van der Waals surface area contributed by atoms with Crippen LogP contribution in [0.3, 0.4) is 0 Å². The summed E-state index contributed by atoms with van der Waals surface area (Å²) in [7, 11) is 0. The molecule has 0 bridgehead atoms. The molecule has 0 saturated heterocycles. The first-order chi connectivity index (χ1) is 18.4. The van der Waals surface area contributed by atoms with E-state index in [-0.39, 0.29) is 0 Å². The summed E-state index contributed by atoms with van der Waals surface area (Å²) in [5.41, 5.74) is 6.36. The van der Waals surface area contributed by atoms with Gasteiger partial charge >= 0.3 is 224 Å². The molecule has 3 heterocycles. The predicted octanol–water partition coefficient (Wildman–Crippen LogP) is 5.77. The number of pyridine rings is 3. The Hall–Kier alpha value is -4.23. The van der Waals surface area contributed by atoms with Crippen molar-refractivity contribution in [2.24, 2.45) is 0 Å². The molecule has 3 aromatic carbocycles. The first-order valence-electron chi connectivity index (χ1n) is 12.0. The fraction of sp³-hybridized carbons (Fsp3) is 0. The van der Waals surface area contributed by atoms with Crippen LogP contribution in [-0.4, -0.2) is 15.0 Å². The van der Waals surface area contributed by atoms with E-state index in [1.165, 1.54) is 12.1 Å². The first-order valence-corrected chi connectivity index (χ1v) is 14.3. The third kappa shape index (κ3) is 4.78. The van der Waals surface area contributed by atoms with Crippen LogP contribution in [0, 0.1) is 0 Å². The van der Waals surface area contributed by atoms with Crippen molar-refractivity contribution in [2.75, 3.05) is 0 Å². The topological polar surface area (TPSA) is 38.7 Å². The second-order valence-corrected chi connectivity index (χ2v) is 11.9. The van der Waals surface area contributed by atoms with Gasteiger partial charge in [0.2, 0.25) is 0 Å². The zero-order chi connectivity index (χ0) is 24.9. The molecule has 6 rings (SSSR count). The van der Waals surface area contributed by atoms with Crippen molar-refractivity contribution in [3.63, 3.8) is 0 Å². The van der Waals surface area contributed by atoms with E-state index in [1.807, 2.05) is 55.0 Å². The van der Waals surface area contributed by atoms with E-state index in [2.05, 4.69) is 91.0 Å². The van der Waals surface area contributed by atoms with Gasteiger partial charge in [-0.15, -0.1) is 0 Å². The van der Waals surface area contributed by atoms with Gasteiger partial charge < -0.3 is 0 Å². The average molecular weight is 569 g/mol. The van der Waals surface area contributed by atoms with Crippen LogP contribution >= 0.6 is 0 Å². The van der Waals surface area contributed by atoms with Crippen LogP contribution in [0.5, 0.6) is 0 Å². The van der Waals surface area contributed by atoms with Gasteiger partial charge in [0.05, 0.1) is 0 Å². The van der Waals surface area contributed by atoms with Crippen molar-refractivity contribution in [3.8, 4) is 33.8 Å². The molecule has 0 amide bonds. The molecule has 0 aliphatic heterocycles. The molecule has 6 aromatic rings. The fourth-order valence-corrected chi connectivity index (χ4v) is 8.84. The molecule has 0 unspecified atom stereocenters. The maximum atomic E-state index is 4.91. The summed E-state index contributed by atoms with van der Waals surface area (Å²) in [6, 6.07) is 44.2. The van der Waals surface area contributed by atoms with Gasteiger partial charge in [0.15, 0.2) is 0 Å². The maximum absolute atomic E-state index is 4.91. The molecule has 37 heavy (non-hydrogen) atoms. The standard InChI is InChI=1S/3C11H8N.Pd/c3*1-2-6-10(7-3-1)11-8-4-5-9-12-11;/h3*1-7,9H;. The SMILES string of the molecule is c1ccc(-c2nccc[c]2[Pd]([c]2cccnc2-c2ccccc2)[c]2cccnc2-c2ccccc2)cc1. The zero-order valence-electron chi connectivity index (χ0n) is 20.0. The van der Waals surface area contributed by atoms with Gasteiger partial charge in [0, 0.05) is 0 Å². The van der Waals surface area contributed by atoms with Gasteiger partial charge in [0.1, 0.15) is 0 Å². The van der Waals surface area contributed by atoms with E-state index in [0.717, 1.165) is 33.8 Å². The number of hydrogen-bond acceptors (Lipinski definition) is 3. The molecule has 0 fully saturated rings. The van der Waals surface area contributed by atoms with Crippen LogP contribution in [0.2, 0.25) is 0 Å². The molecule has 0 radical (unpaired) electrons. The Morgan fingerprint density at radius 1 is 0.324 bits per heavy atom. The summed E-state index contributed by atoms with van der Waals surface area (Å²) in [5.74, 6) is 0. The number of benzene rings is 3. The first kappa shape index (κ1) is 23.2. The van der Waals surface area contributed by atoms with Crippen molar-refractivity contribution in [1.82, 2.24) is 15.0 Å². The minimum absolute atomic E-state index is 1.01. The van der Waals surface area contributed by atoms with Gasteiger partial charge in [-0.25, -0.2) is 0 Å². The zero-order valence-corrected chi connectivity index (χ0v) is 21.6. The third-order valence-electron chi connectivity index (χ3n) is 5.85. The Balaban J connectivity index is 1.66. The van der Waals surface area contributed by atoms with Gasteiger partial charge in [-0.2, -0.15) is 0 Å². The molecule has 0 N–H and O–H groups in total. The van der Waals surface area contributed by atoms with Crippen LogP contribution in [-0.2, 0) is 16.8 Å². The van der Waals surface area contributed by atoms with Crippen LogP contribution in [0.25, 0.3) is 33.8 Å². The molecular weight excluding hydrogens is 545 g/mol. The number of rotatable bonds is 6. The Kier molecular flexibility index (Phi) is 6.77. The van der Waals surface area contributed by atoms with Crippen molar-refractivity contribution in [3.05, 3.63) is 146 Å². The molecule has 181 valence electrons. The molecule has 0 aliphatic carbocycles. The van der Waals surface area contributed by atoms with E-state index in [9.17, 15) is 0 Å². The van der Waals surface area contributed by atoms with E-state index in [4.69, 9.17) is 15.0 Å². The van der Waals surface area contributed by atoms with Gasteiger partial charge in [0.25, 0.3) is 0 Å². The van der Waals surface area contributed by atoms with Gasteiger partial charge in [-0.3, -0.25) is 0 Å². The Morgan fingerprint density at radius 2 is 0.622 bits per heavy atom. The second-order valence-electron chi connectivity index (χ2n) is 8.24. The number of hydrogen-bond donors (Lipinski definition) is 0. The van der Waals surface area contributed by atoms with E-state index < -0.39 is 16.8 Å². The predicted molar refractivity (Wildman–Crippen MR) is 148 cm³/mol. The van der Waals surface area contributed by atoms with Crippen LogP contribution < -0.4 is 12.1 Å². The fourth-order valence-electron chi connectivity index (χ4n) is 4.18. The summed E-state index contributed by atoms with van der Waals surface area (Å²) in [4.78, 5) is 14.7. The quantitative estimate of drug-likeness (QED) is 0.240. The summed E-state index contributed by atoms with van der Waals surface area (Å²) in [5, 5.41) is 0. The van der Waals surface area contributed by atoms with E-state index >= 15 is 0 Å². The molecule has 0 spiro atoms. The van der Waals surface area contributed by atoms with Crippen molar-refractivity contribution in [1.29, 1.82) is 0 Å². The summed E-state index contributed by atoms with van der Waals surface area (Å²) in [6.07, 6.45) is 5.66. The molecule has 3 aromatic heterocycles. The number of nitrogens with zero attached hydrogens (tertiary/aromatic N) is 3. The Morgan fingerprint density at radius 3 is 0.919 bits per heavy atom. The molecule has 0 saturated carbocycles. The van der Waals surface area contributed by atoms with Crippen LogP contribution in [0.1, 0.15) is 0 Å². The third-order valence-corrected chi connectivity index (χ3v) is 10.2. The van der Waals surface area contributed by atoms with Crippen molar-refractivity contribution >= 4 is 12.1 Å². The van der Waals surface area contributed by atoms with E-state index in [1.54, 1.807) is 0 Å². The molecule has 3 nitrogen and oxygen atoms in total. The number of aromatic nitrogens is 3. The van der Waals surface area contributed by atoms with Crippen LogP contribution in [0.4, 0.5) is 0 Å². The Labute approximate surface area is 222 Å². The van der Waals surface area contributed by atoms with Gasteiger partial charge in [-0.1, -0.05) is 0 Å². The summed E-state index contributed by atoms with van der Waals surface area (Å²) >= 11 is -1.81. The molecule has 4 heteroatoms. The van der Waals surface area contributed by atoms with Gasteiger partial charge in [-0.05, 0) is 0 Å². The van der Waals surface area contributed by atoms with E-state index in [0.29, 0.717) is 0 Å². The molecule has 0 atom stereocenters. The second kappa shape index (κ2) is 10.8.